The quantitative estimate of drug-likeness (QED) is 0.368. The van der Waals surface area contributed by atoms with E-state index in [2.05, 4.69) is 62.5 Å². The van der Waals surface area contributed by atoms with Crippen LogP contribution in [0.15, 0.2) is 48.6 Å². The van der Waals surface area contributed by atoms with Crippen LogP contribution in [0.2, 0.25) is 9.70 Å². The van der Waals surface area contributed by atoms with Crippen LogP contribution in [0.1, 0.15) is 39.5 Å². The maximum atomic E-state index is 2.27. The summed E-state index contributed by atoms with van der Waals surface area (Å²) in [6.45, 7) is 4.54. The number of rotatable bonds is 8. The van der Waals surface area contributed by atoms with E-state index in [0.717, 1.165) is 0 Å². The summed E-state index contributed by atoms with van der Waals surface area (Å²) < 4.78 is 0. The minimum atomic E-state index is 0.642. The van der Waals surface area contributed by atoms with Gasteiger partial charge >= 0.3 is 73.0 Å². The van der Waals surface area contributed by atoms with Crippen molar-refractivity contribution in [3.8, 4) is 0 Å². The first-order valence-corrected chi connectivity index (χ1v) is 10.5. The Bertz CT molecular complexity index is 285. The van der Waals surface area contributed by atoms with Gasteiger partial charge in [-0.1, -0.05) is 26.7 Å². The smallest absolute Gasteiger partial charge is 0.0354 e. The van der Waals surface area contributed by atoms with Crippen molar-refractivity contribution >= 4 is 8.58 Å². The summed E-state index contributed by atoms with van der Waals surface area (Å²) >= 11 is 1.51. The molecule has 2 aliphatic carbocycles. The first-order chi connectivity index (χ1) is 9.86. The van der Waals surface area contributed by atoms with Crippen LogP contribution in [-0.2, 0) is 14.7 Å². The summed E-state index contributed by atoms with van der Waals surface area (Å²) in [5, 5.41) is 0. The number of unbranched alkanes of at least 4 members (excludes halogenated alkanes) is 2. The Hall–Kier alpha value is -0.104. The van der Waals surface area contributed by atoms with Crippen LogP contribution in [-0.4, -0.2) is 12.3 Å². The van der Waals surface area contributed by atoms with Gasteiger partial charge in [-0.15, -0.1) is 8.58 Å². The molecule has 0 heterocycles. The van der Waals surface area contributed by atoms with Crippen LogP contribution in [0, 0.1) is 0 Å². The normalized spacial score (nSPS) is 17.1. The maximum absolute atomic E-state index is 2.27. The maximum Gasteiger partial charge on any atom is -0.0354 e. The average molecular weight is 335 g/mol. The zero-order chi connectivity index (χ0) is 14.5. The zero-order valence-corrected chi connectivity index (χ0v) is 14.9. The van der Waals surface area contributed by atoms with Crippen molar-refractivity contribution in [3.63, 3.8) is 0 Å². The van der Waals surface area contributed by atoms with E-state index in [0.29, 0.717) is 9.70 Å². The number of allylic oxidation sites excluding steroid dienone is 8. The standard InChI is InChI=1S/C8H19P.2C5H5.Co/c1-3-5-7-9-8-6-4-2;2*1-2-4-5-3-1;/h9H,3-8H2,1-2H3;2*1-5H;. The monoisotopic (exact) mass is 335 g/mol. The van der Waals surface area contributed by atoms with Crippen LogP contribution in [0.5, 0.6) is 0 Å². The molecule has 0 aromatic heterocycles. The Kier molecular flexibility index (Phi) is 11.3. The molecule has 0 aliphatic heterocycles. The second-order valence-corrected chi connectivity index (χ2v) is 8.17. The molecule has 0 aromatic rings. The summed E-state index contributed by atoms with van der Waals surface area (Å²) in [4.78, 5) is 1.28. The van der Waals surface area contributed by atoms with Gasteiger partial charge in [-0.3, -0.25) is 0 Å². The Morgan fingerprint density at radius 3 is 1.50 bits per heavy atom. The van der Waals surface area contributed by atoms with Crippen molar-refractivity contribution in [1.29, 1.82) is 0 Å². The molecule has 0 saturated heterocycles. The summed E-state index contributed by atoms with van der Waals surface area (Å²) in [7, 11) is 1.25. The van der Waals surface area contributed by atoms with Crippen molar-refractivity contribution in [3.05, 3.63) is 48.6 Å². The topological polar surface area (TPSA) is 0 Å². The van der Waals surface area contributed by atoms with Gasteiger partial charge < -0.3 is 0 Å². The molecule has 0 amide bonds. The van der Waals surface area contributed by atoms with E-state index in [4.69, 9.17) is 0 Å². The number of hydrogen-bond donors (Lipinski definition) is 0. The van der Waals surface area contributed by atoms with Gasteiger partial charge in [0.1, 0.15) is 0 Å². The van der Waals surface area contributed by atoms with Crippen molar-refractivity contribution in [2.75, 3.05) is 12.3 Å². The SMILES string of the molecule is C1=C[CH]([Co][CH]2C=CC=C2)C=C1.CCCCPCCCC. The van der Waals surface area contributed by atoms with E-state index >= 15 is 0 Å². The largest absolute Gasteiger partial charge is 0.122 e. The predicted octanol–water partition coefficient (Wildman–Crippen LogP) is 6.16. The van der Waals surface area contributed by atoms with E-state index in [9.17, 15) is 0 Å². The molecule has 0 bridgehead atoms. The molecule has 2 heteroatoms. The van der Waals surface area contributed by atoms with Crippen molar-refractivity contribution in [1.82, 2.24) is 0 Å². The van der Waals surface area contributed by atoms with Crippen LogP contribution in [0.3, 0.4) is 0 Å². The summed E-state index contributed by atoms with van der Waals surface area (Å²) in [6.07, 6.45) is 26.1. The van der Waals surface area contributed by atoms with Gasteiger partial charge in [0.15, 0.2) is 0 Å². The van der Waals surface area contributed by atoms with Gasteiger partial charge in [0.25, 0.3) is 0 Å². The molecule has 0 radical (unpaired) electrons. The van der Waals surface area contributed by atoms with E-state index in [1.54, 1.807) is 0 Å². The first kappa shape index (κ1) is 17.9. The molecule has 0 aromatic carbocycles. The zero-order valence-electron chi connectivity index (χ0n) is 12.8. The van der Waals surface area contributed by atoms with Crippen molar-refractivity contribution in [2.45, 2.75) is 49.2 Å². The average Bonchev–Trinajstić information content (AvgIpc) is 3.14. The molecule has 0 nitrogen and oxygen atoms in total. The Labute approximate surface area is 133 Å². The van der Waals surface area contributed by atoms with Gasteiger partial charge in [-0.05, 0) is 25.2 Å². The third-order valence-electron chi connectivity index (χ3n) is 3.04. The molecule has 115 valence electrons. The van der Waals surface area contributed by atoms with E-state index in [-0.39, 0.29) is 0 Å². The molecule has 0 saturated carbocycles. The third-order valence-corrected chi connectivity index (χ3v) is 6.06. The molecule has 2 aliphatic rings. The number of hydrogen-bond acceptors (Lipinski definition) is 0. The predicted molar refractivity (Wildman–Crippen MR) is 91.9 cm³/mol. The summed E-state index contributed by atoms with van der Waals surface area (Å²) in [6, 6.07) is 0. The van der Waals surface area contributed by atoms with Crippen molar-refractivity contribution < 1.29 is 14.7 Å². The van der Waals surface area contributed by atoms with E-state index < -0.39 is 0 Å². The van der Waals surface area contributed by atoms with Gasteiger partial charge in [0.2, 0.25) is 0 Å². The van der Waals surface area contributed by atoms with Crippen LogP contribution in [0.25, 0.3) is 0 Å². The van der Waals surface area contributed by atoms with E-state index in [1.807, 2.05) is 0 Å². The Morgan fingerprint density at radius 2 is 1.15 bits per heavy atom. The summed E-state index contributed by atoms with van der Waals surface area (Å²) in [5.41, 5.74) is 0. The minimum absolute atomic E-state index is 0.642. The van der Waals surface area contributed by atoms with Crippen LogP contribution >= 0.6 is 8.58 Å². The fraction of sp³-hybridized carbons (Fsp3) is 0.556. The van der Waals surface area contributed by atoms with Crippen LogP contribution < -0.4 is 0 Å². The molecular weight excluding hydrogens is 306 g/mol. The fourth-order valence-electron chi connectivity index (χ4n) is 1.81. The first-order valence-electron chi connectivity index (χ1n) is 7.84. The Morgan fingerprint density at radius 1 is 0.750 bits per heavy atom. The second kappa shape index (κ2) is 12.6. The molecule has 0 fully saturated rings. The van der Waals surface area contributed by atoms with Gasteiger partial charge in [-0.2, -0.15) is 0 Å². The fourth-order valence-corrected chi connectivity index (χ4v) is 4.66. The molecule has 0 atom stereocenters. The van der Waals surface area contributed by atoms with Gasteiger partial charge in [-0.25, -0.2) is 0 Å². The molecule has 20 heavy (non-hydrogen) atoms. The molecule has 2 rings (SSSR count). The second-order valence-electron chi connectivity index (χ2n) is 4.94. The van der Waals surface area contributed by atoms with E-state index in [1.165, 1.54) is 61.3 Å². The third kappa shape index (κ3) is 8.95. The van der Waals surface area contributed by atoms with Gasteiger partial charge in [0, 0.05) is 0 Å². The molecule has 0 unspecified atom stereocenters. The summed E-state index contributed by atoms with van der Waals surface area (Å²) in [5.74, 6) is 0. The molecule has 0 spiro atoms. The minimum Gasteiger partial charge on any atom is -0.122 e. The molecular formula is C18H29CoP. The van der Waals surface area contributed by atoms with Crippen LogP contribution in [0.4, 0.5) is 0 Å². The Balaban J connectivity index is 0.000000206. The van der Waals surface area contributed by atoms with Gasteiger partial charge in [0.05, 0.1) is 0 Å². The molecule has 0 N–H and O–H groups in total. The van der Waals surface area contributed by atoms with Crippen molar-refractivity contribution in [2.24, 2.45) is 0 Å².